The lowest BCUT2D eigenvalue weighted by atomic mass is 10.3. The number of hydrogen-bond donors (Lipinski definition) is 0. The molecule has 3 aromatic rings. The van der Waals surface area contributed by atoms with Crippen LogP contribution in [-0.4, -0.2) is 21.8 Å². The third-order valence-corrected chi connectivity index (χ3v) is 14.7. The second-order valence-electron chi connectivity index (χ2n) is 7.16. The van der Waals surface area contributed by atoms with Gasteiger partial charge in [0.1, 0.15) is 0 Å². The lowest BCUT2D eigenvalue weighted by Gasteiger charge is -2.33. The highest BCUT2D eigenvalue weighted by Crippen LogP contribution is 2.23. The molecule has 3 heteroatoms. The molecule has 26 heavy (non-hydrogen) atoms. The molecule has 0 nitrogen and oxygen atoms in total. The smallest absolute Gasteiger partial charge is 0.169 e. The van der Waals surface area contributed by atoms with Crippen molar-refractivity contribution in [3.05, 3.63) is 91.0 Å². The molecule has 0 heterocycles. The molecular formula is C23H28SSi2. The van der Waals surface area contributed by atoms with Crippen molar-refractivity contribution < 1.29 is 0 Å². The van der Waals surface area contributed by atoms with Gasteiger partial charge in [0, 0.05) is 8.80 Å². The normalized spacial score (nSPS) is 11.7. The highest BCUT2D eigenvalue weighted by atomic mass is 32.4. The minimum Gasteiger partial charge on any atom is -0.169 e. The third kappa shape index (κ3) is 4.40. The van der Waals surface area contributed by atoms with Gasteiger partial charge in [-0.15, -0.1) is 0 Å². The van der Waals surface area contributed by atoms with E-state index in [0.29, 0.717) is 0 Å². The molecule has 0 amide bonds. The summed E-state index contributed by atoms with van der Waals surface area (Å²) in [6.07, 6.45) is 1.34. The first-order valence-corrected chi connectivity index (χ1v) is 16.4. The lowest BCUT2D eigenvalue weighted by molar-refractivity contribution is 1.08. The second-order valence-corrected chi connectivity index (χ2v) is 17.0. The van der Waals surface area contributed by atoms with Crippen molar-refractivity contribution >= 4 is 42.8 Å². The zero-order valence-electron chi connectivity index (χ0n) is 15.8. The molecule has 0 atom stereocenters. The van der Waals surface area contributed by atoms with E-state index in [1.807, 2.05) is 0 Å². The zero-order chi connectivity index (χ0) is 18.2. The Labute approximate surface area is 164 Å². The van der Waals surface area contributed by atoms with Crippen LogP contribution in [0.15, 0.2) is 91.0 Å². The molecule has 0 saturated carbocycles. The Morgan fingerprint density at radius 3 is 1.38 bits per heavy atom. The lowest BCUT2D eigenvalue weighted by Crippen LogP contribution is -2.64. The van der Waals surface area contributed by atoms with E-state index in [0.717, 1.165) is 0 Å². The van der Waals surface area contributed by atoms with Gasteiger partial charge in [-0.3, -0.25) is 0 Å². The SMILES string of the molecule is C[SiH](C)CCCS[Si](c1ccccc1)(c1ccccc1)c1ccccc1. The maximum absolute atomic E-state index is 2.46. The van der Waals surface area contributed by atoms with Crippen molar-refractivity contribution in [3.63, 3.8) is 0 Å². The van der Waals surface area contributed by atoms with E-state index >= 15 is 0 Å². The van der Waals surface area contributed by atoms with E-state index in [1.165, 1.54) is 33.8 Å². The van der Waals surface area contributed by atoms with Crippen molar-refractivity contribution in [1.82, 2.24) is 0 Å². The minimum absolute atomic E-state index is 0.475. The van der Waals surface area contributed by atoms with E-state index in [4.69, 9.17) is 0 Å². The van der Waals surface area contributed by atoms with E-state index in [2.05, 4.69) is 115 Å². The van der Waals surface area contributed by atoms with Gasteiger partial charge >= 0.3 is 0 Å². The van der Waals surface area contributed by atoms with Crippen LogP contribution in [0.3, 0.4) is 0 Å². The molecule has 0 aliphatic heterocycles. The summed E-state index contributed by atoms with van der Waals surface area (Å²) in [6, 6.07) is 35.1. The molecule has 3 rings (SSSR count). The second kappa shape index (κ2) is 9.40. The van der Waals surface area contributed by atoms with Gasteiger partial charge in [0.25, 0.3) is 0 Å². The summed E-state index contributed by atoms with van der Waals surface area (Å²) >= 11 is 2.23. The molecular weight excluding hydrogens is 364 g/mol. The van der Waals surface area contributed by atoms with Crippen LogP contribution >= 0.6 is 11.2 Å². The largest absolute Gasteiger partial charge is 0.209 e. The molecule has 0 aliphatic rings. The van der Waals surface area contributed by atoms with Gasteiger partial charge in [0.05, 0.1) is 0 Å². The van der Waals surface area contributed by atoms with Crippen molar-refractivity contribution in [1.29, 1.82) is 0 Å². The first kappa shape index (κ1) is 19.2. The number of rotatable bonds is 8. The van der Waals surface area contributed by atoms with Crippen molar-refractivity contribution in [2.24, 2.45) is 0 Å². The highest BCUT2D eigenvalue weighted by molar-refractivity contribution is 8.33. The molecule has 3 aromatic carbocycles. The molecule has 0 aliphatic carbocycles. The molecule has 0 spiro atoms. The van der Waals surface area contributed by atoms with Crippen molar-refractivity contribution in [2.45, 2.75) is 25.6 Å². The van der Waals surface area contributed by atoms with E-state index < -0.39 is 16.0 Å². The molecule has 0 radical (unpaired) electrons. The molecule has 0 unspecified atom stereocenters. The van der Waals surface area contributed by atoms with Crippen LogP contribution < -0.4 is 15.6 Å². The van der Waals surface area contributed by atoms with Gasteiger partial charge in [-0.25, -0.2) is 0 Å². The Bertz CT molecular complexity index is 676. The Balaban J connectivity index is 2.09. The molecule has 0 aromatic heterocycles. The van der Waals surface area contributed by atoms with E-state index in [9.17, 15) is 0 Å². The van der Waals surface area contributed by atoms with Gasteiger partial charge in [-0.1, -0.05) is 110 Å². The summed E-state index contributed by atoms with van der Waals surface area (Å²) < 4.78 is 0. The van der Waals surface area contributed by atoms with Gasteiger partial charge in [-0.05, 0) is 27.7 Å². The van der Waals surface area contributed by atoms with Gasteiger partial charge in [0.2, 0.25) is 7.22 Å². The topological polar surface area (TPSA) is 0 Å². The minimum atomic E-state index is -2.06. The first-order chi connectivity index (χ1) is 12.7. The fourth-order valence-electron chi connectivity index (χ4n) is 3.49. The van der Waals surface area contributed by atoms with Gasteiger partial charge < -0.3 is 0 Å². The average molecular weight is 393 g/mol. The zero-order valence-corrected chi connectivity index (χ0v) is 18.7. The summed E-state index contributed by atoms with van der Waals surface area (Å²) in [5, 5.41) is 4.51. The van der Waals surface area contributed by atoms with Crippen LogP contribution in [0.25, 0.3) is 0 Å². The summed E-state index contributed by atoms with van der Waals surface area (Å²) in [4.78, 5) is 0. The Kier molecular flexibility index (Phi) is 6.95. The van der Waals surface area contributed by atoms with E-state index in [-0.39, 0.29) is 0 Å². The number of benzene rings is 3. The Hall–Kier alpha value is -1.56. The molecule has 0 N–H and O–H groups in total. The fourth-order valence-corrected chi connectivity index (χ4v) is 13.0. The molecule has 134 valence electrons. The molecule has 0 fully saturated rings. The molecule has 0 bridgehead atoms. The van der Waals surface area contributed by atoms with Crippen LogP contribution in [0.2, 0.25) is 19.1 Å². The van der Waals surface area contributed by atoms with Crippen molar-refractivity contribution in [3.8, 4) is 0 Å². The van der Waals surface area contributed by atoms with Crippen LogP contribution in [0.4, 0.5) is 0 Å². The summed E-state index contributed by atoms with van der Waals surface area (Å²) in [7, 11) is -2.54. The standard InChI is InChI=1S/C23H28SSi2/c1-25(2)20-12-19-24-26(21-13-6-3-7-14-21,22-15-8-4-9-16-22)23-17-10-5-11-18-23/h3-11,13-18,25H,12,19-20H2,1-2H3. The van der Waals surface area contributed by atoms with Crippen LogP contribution in [-0.2, 0) is 0 Å². The fraction of sp³-hybridized carbons (Fsp3) is 0.217. The monoisotopic (exact) mass is 392 g/mol. The maximum Gasteiger partial charge on any atom is 0.209 e. The van der Waals surface area contributed by atoms with Crippen molar-refractivity contribution in [2.75, 3.05) is 5.75 Å². The predicted octanol–water partition coefficient (Wildman–Crippen LogP) is 4.26. The highest BCUT2D eigenvalue weighted by Gasteiger charge is 2.39. The Morgan fingerprint density at radius 1 is 0.654 bits per heavy atom. The maximum atomic E-state index is 2.46. The van der Waals surface area contributed by atoms with Crippen LogP contribution in [0, 0.1) is 0 Å². The number of hydrogen-bond acceptors (Lipinski definition) is 1. The third-order valence-electron chi connectivity index (χ3n) is 4.79. The summed E-state index contributed by atoms with van der Waals surface area (Å²) in [5.41, 5.74) is 0. The van der Waals surface area contributed by atoms with Gasteiger partial charge in [-0.2, -0.15) is 11.2 Å². The molecule has 0 saturated heterocycles. The van der Waals surface area contributed by atoms with Gasteiger partial charge in [0.15, 0.2) is 0 Å². The quantitative estimate of drug-likeness (QED) is 0.313. The first-order valence-electron chi connectivity index (χ1n) is 9.54. The Morgan fingerprint density at radius 2 is 1.04 bits per heavy atom. The van der Waals surface area contributed by atoms with Crippen LogP contribution in [0.1, 0.15) is 6.42 Å². The van der Waals surface area contributed by atoms with Crippen LogP contribution in [0.5, 0.6) is 0 Å². The summed E-state index contributed by atoms with van der Waals surface area (Å²) in [5.74, 6) is 1.25. The van der Waals surface area contributed by atoms with E-state index in [1.54, 1.807) is 0 Å². The summed E-state index contributed by atoms with van der Waals surface area (Å²) in [6.45, 7) is 4.92. The average Bonchev–Trinajstić information content (AvgIpc) is 2.70. The predicted molar refractivity (Wildman–Crippen MR) is 125 cm³/mol.